The number of hydrogen-bond acceptors (Lipinski definition) is 6. The molecule has 2 aromatic heterocycles. The van der Waals surface area contributed by atoms with Gasteiger partial charge < -0.3 is 4.90 Å². The Morgan fingerprint density at radius 1 is 0.963 bits per heavy atom. The summed E-state index contributed by atoms with van der Waals surface area (Å²) in [6.45, 7) is 8.66. The normalized spacial score (nSPS) is 15.3. The van der Waals surface area contributed by atoms with E-state index in [0.717, 1.165) is 37.4 Å². The van der Waals surface area contributed by atoms with E-state index in [2.05, 4.69) is 69.4 Å². The molecule has 1 aromatic carbocycles. The van der Waals surface area contributed by atoms with Crippen molar-refractivity contribution >= 4 is 17.9 Å². The number of aryl methyl sites for hydroxylation is 2. The Bertz CT molecular complexity index is 971. The molecular formula is C19H23N7S. The Kier molecular flexibility index (Phi) is 5.00. The molecule has 140 valence electrons. The number of piperazine rings is 1. The number of pyridine rings is 1. The van der Waals surface area contributed by atoms with Gasteiger partial charge in [-0.15, -0.1) is 0 Å². The molecule has 3 heterocycles. The molecule has 0 spiro atoms. The molecule has 0 amide bonds. The van der Waals surface area contributed by atoms with Crippen LogP contribution in [0.5, 0.6) is 0 Å². The highest BCUT2D eigenvalue weighted by molar-refractivity contribution is 7.71. The number of benzene rings is 1. The van der Waals surface area contributed by atoms with Crippen molar-refractivity contribution in [2.75, 3.05) is 31.1 Å². The maximum atomic E-state index is 5.64. The molecule has 3 aromatic rings. The lowest BCUT2D eigenvalue weighted by atomic mass is 10.1. The van der Waals surface area contributed by atoms with Crippen LogP contribution in [-0.2, 0) is 6.67 Å². The summed E-state index contributed by atoms with van der Waals surface area (Å²) in [6.07, 6.45) is 3.68. The van der Waals surface area contributed by atoms with Crippen LogP contribution in [0.3, 0.4) is 0 Å². The minimum atomic E-state index is 0.625. The third-order valence-corrected chi connectivity index (χ3v) is 5.35. The van der Waals surface area contributed by atoms with Crippen LogP contribution in [-0.4, -0.2) is 55.9 Å². The first kappa shape index (κ1) is 17.8. The zero-order chi connectivity index (χ0) is 18.8. The van der Waals surface area contributed by atoms with Crippen molar-refractivity contribution in [3.8, 4) is 5.69 Å². The summed E-state index contributed by atoms with van der Waals surface area (Å²) >= 11 is 5.64. The molecule has 0 atom stereocenters. The van der Waals surface area contributed by atoms with Gasteiger partial charge in [0.25, 0.3) is 0 Å². The largest absolute Gasteiger partial charge is 0.369 e. The first-order chi connectivity index (χ1) is 13.1. The van der Waals surface area contributed by atoms with Crippen molar-refractivity contribution in [3.05, 3.63) is 58.6 Å². The maximum Gasteiger partial charge on any atom is 0.221 e. The summed E-state index contributed by atoms with van der Waals surface area (Å²) in [5.74, 6) is 0. The highest BCUT2D eigenvalue weighted by Crippen LogP contribution is 2.17. The van der Waals surface area contributed by atoms with Crippen LogP contribution < -0.4 is 4.90 Å². The lowest BCUT2D eigenvalue weighted by Crippen LogP contribution is -2.47. The average Bonchev–Trinajstić information content (AvgIpc) is 3.05. The molecule has 8 heteroatoms. The zero-order valence-electron chi connectivity index (χ0n) is 15.6. The average molecular weight is 382 g/mol. The van der Waals surface area contributed by atoms with Crippen LogP contribution in [0.15, 0.2) is 42.7 Å². The van der Waals surface area contributed by atoms with Gasteiger partial charge in [0.1, 0.15) is 0 Å². The van der Waals surface area contributed by atoms with E-state index in [0.29, 0.717) is 11.4 Å². The molecule has 1 fully saturated rings. The van der Waals surface area contributed by atoms with Gasteiger partial charge in [-0.3, -0.25) is 9.88 Å². The van der Waals surface area contributed by atoms with Crippen LogP contribution >= 0.6 is 12.2 Å². The maximum absolute atomic E-state index is 5.64. The Balaban J connectivity index is 1.45. The van der Waals surface area contributed by atoms with E-state index in [-0.39, 0.29) is 0 Å². The van der Waals surface area contributed by atoms with E-state index in [4.69, 9.17) is 12.2 Å². The van der Waals surface area contributed by atoms with E-state index < -0.39 is 0 Å². The monoisotopic (exact) mass is 381 g/mol. The van der Waals surface area contributed by atoms with Gasteiger partial charge in [0.05, 0.1) is 12.4 Å². The molecule has 0 radical (unpaired) electrons. The summed E-state index contributed by atoms with van der Waals surface area (Å²) in [5, 5.41) is 8.59. The van der Waals surface area contributed by atoms with Crippen LogP contribution in [0.2, 0.25) is 0 Å². The molecule has 1 aliphatic heterocycles. The van der Waals surface area contributed by atoms with Crippen molar-refractivity contribution < 1.29 is 0 Å². The number of nitrogens with zero attached hydrogens (tertiary/aromatic N) is 7. The Labute approximate surface area is 163 Å². The molecule has 0 aliphatic carbocycles. The minimum absolute atomic E-state index is 0.625. The number of hydrogen-bond donors (Lipinski definition) is 0. The van der Waals surface area contributed by atoms with Crippen LogP contribution in [0, 0.1) is 18.6 Å². The van der Waals surface area contributed by atoms with Gasteiger partial charge in [-0.25, -0.2) is 4.68 Å². The fourth-order valence-electron chi connectivity index (χ4n) is 3.35. The summed E-state index contributed by atoms with van der Waals surface area (Å²) < 4.78 is 4.18. The highest BCUT2D eigenvalue weighted by Gasteiger charge is 2.18. The first-order valence-corrected chi connectivity index (χ1v) is 9.50. The summed E-state index contributed by atoms with van der Waals surface area (Å²) in [7, 11) is 0. The lowest BCUT2D eigenvalue weighted by molar-refractivity contribution is 0.193. The third kappa shape index (κ3) is 3.77. The molecule has 4 rings (SSSR count). The highest BCUT2D eigenvalue weighted by atomic mass is 32.1. The van der Waals surface area contributed by atoms with Gasteiger partial charge in [-0.2, -0.15) is 4.68 Å². The second-order valence-electron chi connectivity index (χ2n) is 6.91. The number of aromatic nitrogens is 5. The van der Waals surface area contributed by atoms with Crippen molar-refractivity contribution in [2.45, 2.75) is 20.5 Å². The molecule has 7 nitrogen and oxygen atoms in total. The Morgan fingerprint density at radius 3 is 2.44 bits per heavy atom. The van der Waals surface area contributed by atoms with Crippen LogP contribution in [0.4, 0.5) is 5.69 Å². The van der Waals surface area contributed by atoms with E-state index in [9.17, 15) is 0 Å². The van der Waals surface area contributed by atoms with Crippen molar-refractivity contribution in [2.24, 2.45) is 0 Å². The van der Waals surface area contributed by atoms with E-state index >= 15 is 0 Å². The fraction of sp³-hybridized carbons (Fsp3) is 0.368. The van der Waals surface area contributed by atoms with Crippen molar-refractivity contribution in [3.63, 3.8) is 0 Å². The van der Waals surface area contributed by atoms with Gasteiger partial charge in [0.15, 0.2) is 0 Å². The molecule has 0 unspecified atom stereocenters. The zero-order valence-corrected chi connectivity index (χ0v) is 16.4. The van der Waals surface area contributed by atoms with Gasteiger partial charge in [-0.05, 0) is 65.8 Å². The fourth-order valence-corrected chi connectivity index (χ4v) is 3.58. The minimum Gasteiger partial charge on any atom is -0.369 e. The molecular weight excluding hydrogens is 358 g/mol. The Hall–Kier alpha value is -2.58. The smallest absolute Gasteiger partial charge is 0.221 e. The SMILES string of the molecule is Cc1ccc(C)c(-n2nnn(CN3CCN(c4ccncc4)CC3)c2=S)c1. The van der Waals surface area contributed by atoms with E-state index in [1.165, 1.54) is 11.3 Å². The van der Waals surface area contributed by atoms with Gasteiger partial charge in [-0.1, -0.05) is 12.1 Å². The first-order valence-electron chi connectivity index (χ1n) is 9.09. The predicted octanol–water partition coefficient (Wildman–Crippen LogP) is 2.59. The molecule has 27 heavy (non-hydrogen) atoms. The summed E-state index contributed by atoms with van der Waals surface area (Å²) in [6, 6.07) is 10.4. The Morgan fingerprint density at radius 2 is 1.70 bits per heavy atom. The topological polar surface area (TPSA) is 55.0 Å². The van der Waals surface area contributed by atoms with Gasteiger partial charge in [0, 0.05) is 44.3 Å². The molecule has 0 bridgehead atoms. The van der Waals surface area contributed by atoms with E-state index in [1.807, 2.05) is 12.4 Å². The molecule has 1 saturated heterocycles. The lowest BCUT2D eigenvalue weighted by Gasteiger charge is -2.35. The second-order valence-corrected chi connectivity index (χ2v) is 7.28. The standard InChI is InChI=1S/C19H23N7S/c1-15-3-4-16(2)18(13-15)26-19(27)25(21-22-26)14-23-9-11-24(12-10-23)17-5-7-20-8-6-17/h3-8,13H,9-12,14H2,1-2H3. The van der Waals surface area contributed by atoms with E-state index in [1.54, 1.807) is 9.36 Å². The molecule has 0 saturated carbocycles. The number of tetrazole rings is 1. The molecule has 0 N–H and O–H groups in total. The van der Waals surface area contributed by atoms with Crippen LogP contribution in [0.1, 0.15) is 11.1 Å². The number of rotatable bonds is 4. The second kappa shape index (κ2) is 7.58. The predicted molar refractivity (Wildman–Crippen MR) is 108 cm³/mol. The summed E-state index contributed by atoms with van der Waals surface area (Å²) in [4.78, 5) is 8.83. The van der Waals surface area contributed by atoms with Gasteiger partial charge >= 0.3 is 0 Å². The summed E-state index contributed by atoms with van der Waals surface area (Å²) in [5.41, 5.74) is 4.53. The quantitative estimate of drug-likeness (QED) is 0.648. The number of anilines is 1. The van der Waals surface area contributed by atoms with Crippen molar-refractivity contribution in [1.29, 1.82) is 0 Å². The molecule has 1 aliphatic rings. The van der Waals surface area contributed by atoms with Crippen LogP contribution in [0.25, 0.3) is 5.69 Å². The van der Waals surface area contributed by atoms with Crippen molar-refractivity contribution in [1.82, 2.24) is 29.7 Å². The van der Waals surface area contributed by atoms with Gasteiger partial charge in [0.2, 0.25) is 4.77 Å². The third-order valence-electron chi connectivity index (χ3n) is 4.97.